The third-order valence-corrected chi connectivity index (χ3v) is 6.33. The number of benzene rings is 3. The maximum atomic E-state index is 12.9. The van der Waals surface area contributed by atoms with E-state index in [2.05, 4.69) is 15.6 Å². The van der Waals surface area contributed by atoms with Gasteiger partial charge in [-0.15, -0.1) is 5.10 Å². The lowest BCUT2D eigenvalue weighted by Gasteiger charge is -2.24. The summed E-state index contributed by atoms with van der Waals surface area (Å²) in [6.07, 6.45) is 0.0997. The van der Waals surface area contributed by atoms with E-state index in [0.29, 0.717) is 30.5 Å². The lowest BCUT2D eigenvalue weighted by Crippen LogP contribution is -2.36. The molecule has 1 aliphatic heterocycles. The van der Waals surface area contributed by atoms with Gasteiger partial charge in [0.15, 0.2) is 0 Å². The first-order chi connectivity index (χ1) is 17.1. The Morgan fingerprint density at radius 2 is 1.69 bits per heavy atom. The number of nitrogens with one attached hydrogen (secondary N) is 1. The number of hydrogen-bond acceptors (Lipinski definition) is 5. The van der Waals surface area contributed by atoms with Crippen molar-refractivity contribution in [1.82, 2.24) is 25.2 Å². The highest BCUT2D eigenvalue weighted by atomic mass is 16.2. The Morgan fingerprint density at radius 3 is 2.51 bits per heavy atom. The second-order valence-electron chi connectivity index (χ2n) is 8.64. The largest absolute Gasteiger partial charge is 0.355 e. The molecule has 8 heteroatoms. The highest BCUT2D eigenvalue weighted by molar-refractivity contribution is 5.98. The van der Waals surface area contributed by atoms with E-state index in [1.54, 1.807) is 24.3 Å². The zero-order valence-electron chi connectivity index (χ0n) is 19.1. The molecular weight excluding hydrogens is 442 g/mol. The van der Waals surface area contributed by atoms with E-state index in [-0.39, 0.29) is 36.3 Å². The van der Waals surface area contributed by atoms with E-state index in [0.717, 1.165) is 16.7 Å². The van der Waals surface area contributed by atoms with Crippen LogP contribution in [0.4, 0.5) is 0 Å². The van der Waals surface area contributed by atoms with Crippen molar-refractivity contribution >= 4 is 22.7 Å². The zero-order valence-corrected chi connectivity index (χ0v) is 19.1. The summed E-state index contributed by atoms with van der Waals surface area (Å²) in [5.41, 5.74) is 3.08. The number of carbonyl (C=O) groups excluding carboxylic acids is 2. The summed E-state index contributed by atoms with van der Waals surface area (Å²) < 4.78 is 1.22. The second kappa shape index (κ2) is 9.89. The molecule has 3 aromatic carbocycles. The van der Waals surface area contributed by atoms with Crippen LogP contribution in [-0.4, -0.2) is 44.8 Å². The standard InChI is InChI=1S/C27H25N5O3/c33-25(14-15-32-27(35)23-12-6-7-13-24(23)29-30-32)28-16-21(19-8-2-1-3-9-19)18-31-17-20-10-4-5-11-22(20)26(31)34/h1-13,21H,14-18H2,(H,28,33). The Balaban J connectivity index is 1.23. The number of rotatable bonds is 8. The number of aryl methyl sites for hydroxylation is 1. The minimum Gasteiger partial charge on any atom is -0.355 e. The van der Waals surface area contributed by atoms with Crippen LogP contribution in [0.2, 0.25) is 0 Å². The number of aromatic nitrogens is 3. The molecule has 0 spiro atoms. The average molecular weight is 468 g/mol. The van der Waals surface area contributed by atoms with Gasteiger partial charge in [0.2, 0.25) is 5.91 Å². The quantitative estimate of drug-likeness (QED) is 0.430. The van der Waals surface area contributed by atoms with Gasteiger partial charge in [0.05, 0.1) is 11.9 Å². The van der Waals surface area contributed by atoms with Gasteiger partial charge in [-0.25, -0.2) is 4.68 Å². The van der Waals surface area contributed by atoms with Crippen LogP contribution in [0.3, 0.4) is 0 Å². The van der Waals surface area contributed by atoms with Crippen LogP contribution in [0.25, 0.3) is 10.9 Å². The summed E-state index contributed by atoms with van der Waals surface area (Å²) in [6.45, 7) is 1.57. The minimum atomic E-state index is -0.266. The summed E-state index contributed by atoms with van der Waals surface area (Å²) in [5, 5.41) is 11.5. The smallest absolute Gasteiger partial charge is 0.277 e. The van der Waals surface area contributed by atoms with E-state index >= 15 is 0 Å². The Hall–Kier alpha value is -4.33. The topological polar surface area (TPSA) is 97.2 Å². The Labute approximate surface area is 202 Å². The number of hydrogen-bond donors (Lipinski definition) is 1. The molecule has 8 nitrogen and oxygen atoms in total. The molecule has 4 aromatic rings. The van der Waals surface area contributed by atoms with Crippen molar-refractivity contribution in [2.45, 2.75) is 25.4 Å². The van der Waals surface area contributed by atoms with Gasteiger partial charge < -0.3 is 10.2 Å². The Morgan fingerprint density at radius 1 is 0.943 bits per heavy atom. The van der Waals surface area contributed by atoms with Gasteiger partial charge in [-0.2, -0.15) is 0 Å². The maximum Gasteiger partial charge on any atom is 0.277 e. The van der Waals surface area contributed by atoms with Crippen molar-refractivity contribution < 1.29 is 9.59 Å². The molecule has 0 saturated heterocycles. The van der Waals surface area contributed by atoms with Gasteiger partial charge in [0.25, 0.3) is 11.5 Å². The first kappa shape index (κ1) is 22.5. The molecule has 0 aliphatic carbocycles. The number of amides is 2. The molecule has 0 radical (unpaired) electrons. The van der Waals surface area contributed by atoms with Crippen LogP contribution < -0.4 is 10.9 Å². The third-order valence-electron chi connectivity index (χ3n) is 6.33. The summed E-state index contributed by atoms with van der Waals surface area (Å²) in [6, 6.07) is 24.5. The lowest BCUT2D eigenvalue weighted by atomic mass is 9.98. The molecular formula is C27H25N5O3. The molecule has 0 bridgehead atoms. The fraction of sp³-hybridized carbons (Fsp3) is 0.222. The van der Waals surface area contributed by atoms with E-state index in [1.165, 1.54) is 4.68 Å². The van der Waals surface area contributed by atoms with Gasteiger partial charge in [-0.05, 0) is 29.3 Å². The maximum absolute atomic E-state index is 12.9. The van der Waals surface area contributed by atoms with Crippen molar-refractivity contribution in [3.05, 3.63) is 106 Å². The molecule has 5 rings (SSSR count). The van der Waals surface area contributed by atoms with Crippen LogP contribution in [0.15, 0.2) is 83.7 Å². The summed E-state index contributed by atoms with van der Waals surface area (Å²) in [4.78, 5) is 40.0. The molecule has 176 valence electrons. The fourth-order valence-electron chi connectivity index (χ4n) is 4.44. The van der Waals surface area contributed by atoms with Gasteiger partial charge in [0, 0.05) is 37.5 Å². The lowest BCUT2D eigenvalue weighted by molar-refractivity contribution is -0.121. The van der Waals surface area contributed by atoms with Crippen molar-refractivity contribution in [2.24, 2.45) is 0 Å². The summed E-state index contributed by atoms with van der Waals surface area (Å²) in [7, 11) is 0. The first-order valence-corrected chi connectivity index (χ1v) is 11.6. The predicted octanol–water partition coefficient (Wildman–Crippen LogP) is 2.74. The van der Waals surface area contributed by atoms with Crippen molar-refractivity contribution in [1.29, 1.82) is 0 Å². The fourth-order valence-corrected chi connectivity index (χ4v) is 4.44. The average Bonchev–Trinajstić information content (AvgIpc) is 3.22. The Kier molecular flexibility index (Phi) is 6.34. The molecule has 2 amide bonds. The van der Waals surface area contributed by atoms with E-state index in [1.807, 2.05) is 59.5 Å². The van der Waals surface area contributed by atoms with Gasteiger partial charge >= 0.3 is 0 Å². The van der Waals surface area contributed by atoms with Crippen LogP contribution >= 0.6 is 0 Å². The number of carbonyl (C=O) groups is 2. The van der Waals surface area contributed by atoms with Crippen LogP contribution in [0, 0.1) is 0 Å². The molecule has 1 atom stereocenters. The summed E-state index contributed by atoms with van der Waals surface area (Å²) in [5.74, 6) is -0.243. The van der Waals surface area contributed by atoms with E-state index in [9.17, 15) is 14.4 Å². The molecule has 35 heavy (non-hydrogen) atoms. The van der Waals surface area contributed by atoms with Crippen LogP contribution in [0.1, 0.15) is 33.8 Å². The Bertz CT molecular complexity index is 1430. The minimum absolute atomic E-state index is 0.0158. The number of nitrogens with zero attached hydrogens (tertiary/aromatic N) is 4. The highest BCUT2D eigenvalue weighted by Gasteiger charge is 2.29. The normalized spacial score (nSPS) is 13.6. The molecule has 2 heterocycles. The molecule has 1 unspecified atom stereocenters. The van der Waals surface area contributed by atoms with Crippen molar-refractivity contribution in [3.63, 3.8) is 0 Å². The second-order valence-corrected chi connectivity index (χ2v) is 8.64. The number of fused-ring (bicyclic) bond motifs is 2. The van der Waals surface area contributed by atoms with Crippen molar-refractivity contribution in [3.8, 4) is 0 Å². The monoisotopic (exact) mass is 467 g/mol. The van der Waals surface area contributed by atoms with Crippen molar-refractivity contribution in [2.75, 3.05) is 13.1 Å². The first-order valence-electron chi connectivity index (χ1n) is 11.6. The summed E-state index contributed by atoms with van der Waals surface area (Å²) >= 11 is 0. The van der Waals surface area contributed by atoms with E-state index in [4.69, 9.17) is 0 Å². The van der Waals surface area contributed by atoms with E-state index < -0.39 is 0 Å². The van der Waals surface area contributed by atoms with Gasteiger partial charge in [-0.1, -0.05) is 65.9 Å². The highest BCUT2D eigenvalue weighted by Crippen LogP contribution is 2.26. The van der Waals surface area contributed by atoms with Crippen LogP contribution in [0.5, 0.6) is 0 Å². The molecule has 1 aliphatic rings. The van der Waals surface area contributed by atoms with Gasteiger partial charge in [0.1, 0.15) is 5.52 Å². The van der Waals surface area contributed by atoms with Gasteiger partial charge in [-0.3, -0.25) is 14.4 Å². The SMILES string of the molecule is O=C(CCn1nnc2ccccc2c1=O)NCC(CN1Cc2ccccc2C1=O)c1ccccc1. The predicted molar refractivity (Wildman–Crippen MR) is 132 cm³/mol. The molecule has 1 N–H and O–H groups in total. The zero-order chi connectivity index (χ0) is 24.2. The van der Waals surface area contributed by atoms with Crippen LogP contribution in [-0.2, 0) is 17.9 Å². The molecule has 0 saturated carbocycles. The molecule has 1 aromatic heterocycles. The molecule has 0 fully saturated rings. The third kappa shape index (κ3) is 4.82.